The van der Waals surface area contributed by atoms with Crippen LogP contribution in [0.5, 0.6) is 5.75 Å². The van der Waals surface area contributed by atoms with Gasteiger partial charge in [0.1, 0.15) is 5.57 Å². The van der Waals surface area contributed by atoms with Crippen LogP contribution in [0, 0.1) is 0 Å². The molecule has 0 aliphatic rings. The summed E-state index contributed by atoms with van der Waals surface area (Å²) < 4.78 is 9.59. The molecule has 1 rings (SSSR count). The van der Waals surface area contributed by atoms with E-state index in [0.29, 0.717) is 11.3 Å². The van der Waals surface area contributed by atoms with Gasteiger partial charge < -0.3 is 14.3 Å². The number of aromatic nitrogens is 1. The third-order valence-corrected chi connectivity index (χ3v) is 2.04. The average Bonchev–Trinajstić information content (AvgIpc) is 2.42. The molecule has 0 aromatic carbocycles. The number of hydrogen-bond acceptors (Lipinski definition) is 6. The molecule has 0 aliphatic carbocycles. The summed E-state index contributed by atoms with van der Waals surface area (Å²) >= 11 is 0. The highest BCUT2D eigenvalue weighted by Gasteiger charge is 2.18. The van der Waals surface area contributed by atoms with Crippen molar-refractivity contribution in [3.8, 4) is 5.75 Å². The molecule has 1 heterocycles. The Hall–Kier alpha value is -2.37. The third-order valence-electron chi connectivity index (χ3n) is 2.04. The fraction of sp³-hybridized carbons (Fsp3) is 0.308. The van der Waals surface area contributed by atoms with Crippen molar-refractivity contribution in [2.45, 2.75) is 13.8 Å². The van der Waals surface area contributed by atoms with E-state index in [1.54, 1.807) is 19.9 Å². The zero-order chi connectivity index (χ0) is 14.3. The number of oxime groups is 1. The van der Waals surface area contributed by atoms with E-state index in [2.05, 4.69) is 10.1 Å². The van der Waals surface area contributed by atoms with Crippen LogP contribution in [0.3, 0.4) is 0 Å². The maximum Gasteiger partial charge on any atom is 0.341 e. The number of carbonyl (C=O) groups excluding carboxylic acids is 1. The lowest BCUT2D eigenvalue weighted by molar-refractivity contribution is -0.133. The van der Waals surface area contributed by atoms with Crippen molar-refractivity contribution >= 4 is 17.3 Å². The Bertz CT molecular complexity index is 505. The summed E-state index contributed by atoms with van der Waals surface area (Å²) in [6.45, 7) is 3.59. The van der Waals surface area contributed by atoms with Crippen LogP contribution in [0.2, 0.25) is 0 Å². The molecule has 0 N–H and O–H groups in total. The quantitative estimate of drug-likeness (QED) is 0.267. The fourth-order valence-corrected chi connectivity index (χ4v) is 1.27. The molecule has 0 spiro atoms. The summed E-state index contributed by atoms with van der Waals surface area (Å²) in [5.41, 5.74) is 1.46. The maximum atomic E-state index is 11.7. The minimum absolute atomic E-state index is 0.228. The van der Waals surface area contributed by atoms with E-state index in [4.69, 9.17) is 14.3 Å². The SMILES string of the molecule is CO/C=C(/C(=O)OC)c1ccncc1ON=C(C)C. The van der Waals surface area contributed by atoms with Crippen molar-refractivity contribution in [3.05, 3.63) is 30.3 Å². The Kier molecular flexibility index (Phi) is 5.53. The van der Waals surface area contributed by atoms with Crippen molar-refractivity contribution in [3.63, 3.8) is 0 Å². The molecule has 1 aromatic heterocycles. The molecule has 0 bridgehead atoms. The van der Waals surface area contributed by atoms with E-state index in [9.17, 15) is 4.79 Å². The topological polar surface area (TPSA) is 70.0 Å². The zero-order valence-corrected chi connectivity index (χ0v) is 11.3. The molecule has 0 radical (unpaired) electrons. The van der Waals surface area contributed by atoms with Crippen molar-refractivity contribution in [1.29, 1.82) is 0 Å². The van der Waals surface area contributed by atoms with Gasteiger partial charge in [-0.2, -0.15) is 0 Å². The smallest absolute Gasteiger partial charge is 0.341 e. The molecule has 0 saturated heterocycles. The molecule has 0 saturated carbocycles. The lowest BCUT2D eigenvalue weighted by atomic mass is 10.1. The highest BCUT2D eigenvalue weighted by atomic mass is 16.6. The zero-order valence-electron chi connectivity index (χ0n) is 11.3. The van der Waals surface area contributed by atoms with Gasteiger partial charge in [-0.25, -0.2) is 4.79 Å². The van der Waals surface area contributed by atoms with Crippen molar-refractivity contribution in [2.24, 2.45) is 5.16 Å². The molecule has 0 unspecified atom stereocenters. The largest absolute Gasteiger partial charge is 0.503 e. The van der Waals surface area contributed by atoms with Crippen molar-refractivity contribution in [2.75, 3.05) is 14.2 Å². The predicted octanol–water partition coefficient (Wildman–Crippen LogP) is 2.02. The monoisotopic (exact) mass is 264 g/mol. The first kappa shape index (κ1) is 14.7. The lowest BCUT2D eigenvalue weighted by Gasteiger charge is -2.09. The van der Waals surface area contributed by atoms with Gasteiger partial charge in [-0.15, -0.1) is 0 Å². The van der Waals surface area contributed by atoms with E-state index < -0.39 is 5.97 Å². The predicted molar refractivity (Wildman–Crippen MR) is 70.7 cm³/mol. The summed E-state index contributed by atoms with van der Waals surface area (Å²) in [7, 11) is 2.74. The van der Waals surface area contributed by atoms with Gasteiger partial charge in [0, 0.05) is 11.8 Å². The first-order chi connectivity index (χ1) is 9.10. The summed E-state index contributed by atoms with van der Waals surface area (Å²) in [4.78, 5) is 20.9. The van der Waals surface area contributed by atoms with Gasteiger partial charge in [-0.05, 0) is 19.9 Å². The number of methoxy groups -OCH3 is 2. The van der Waals surface area contributed by atoms with Crippen LogP contribution < -0.4 is 4.84 Å². The molecule has 0 amide bonds. The number of hydrogen-bond donors (Lipinski definition) is 0. The maximum absolute atomic E-state index is 11.7. The van der Waals surface area contributed by atoms with Crippen LogP contribution in [-0.2, 0) is 14.3 Å². The fourth-order valence-electron chi connectivity index (χ4n) is 1.27. The van der Waals surface area contributed by atoms with Gasteiger partial charge in [0.25, 0.3) is 0 Å². The summed E-state index contributed by atoms with van der Waals surface area (Å²) in [5, 5.41) is 3.84. The van der Waals surface area contributed by atoms with Crippen molar-refractivity contribution < 1.29 is 19.1 Å². The van der Waals surface area contributed by atoms with Gasteiger partial charge in [0.2, 0.25) is 0 Å². The molecule has 1 aromatic rings. The summed E-state index contributed by atoms with van der Waals surface area (Å²) in [5.74, 6) is -0.188. The van der Waals surface area contributed by atoms with Crippen LogP contribution in [0.25, 0.3) is 5.57 Å². The van der Waals surface area contributed by atoms with E-state index in [-0.39, 0.29) is 5.57 Å². The molecular formula is C13H16N2O4. The number of esters is 1. The second kappa shape index (κ2) is 7.15. The average molecular weight is 264 g/mol. The molecule has 6 nitrogen and oxygen atoms in total. The van der Waals surface area contributed by atoms with E-state index in [1.165, 1.54) is 32.9 Å². The Labute approximate surface area is 111 Å². The highest BCUT2D eigenvalue weighted by Crippen LogP contribution is 2.26. The Morgan fingerprint density at radius 1 is 1.37 bits per heavy atom. The van der Waals surface area contributed by atoms with Crippen LogP contribution in [0.1, 0.15) is 19.4 Å². The van der Waals surface area contributed by atoms with Crippen LogP contribution >= 0.6 is 0 Å². The first-order valence-electron chi connectivity index (χ1n) is 5.54. The van der Waals surface area contributed by atoms with E-state index in [0.717, 1.165) is 5.71 Å². The van der Waals surface area contributed by atoms with Crippen LogP contribution in [-0.4, -0.2) is 30.9 Å². The molecule has 0 fully saturated rings. The Morgan fingerprint density at radius 2 is 2.11 bits per heavy atom. The molecule has 102 valence electrons. The summed E-state index contributed by atoms with van der Waals surface area (Å²) in [6, 6.07) is 1.62. The third kappa shape index (κ3) is 4.09. The number of ether oxygens (including phenoxy) is 2. The van der Waals surface area contributed by atoms with Gasteiger partial charge in [-0.1, -0.05) is 5.16 Å². The van der Waals surface area contributed by atoms with Gasteiger partial charge in [0.15, 0.2) is 5.75 Å². The second-order valence-corrected chi connectivity index (χ2v) is 3.76. The molecule has 19 heavy (non-hydrogen) atoms. The molecule has 6 heteroatoms. The Morgan fingerprint density at radius 3 is 2.68 bits per heavy atom. The summed E-state index contributed by atoms with van der Waals surface area (Å²) in [6.07, 6.45) is 4.29. The minimum Gasteiger partial charge on any atom is -0.503 e. The van der Waals surface area contributed by atoms with Crippen LogP contribution in [0.4, 0.5) is 0 Å². The Balaban J connectivity index is 3.20. The first-order valence-corrected chi connectivity index (χ1v) is 5.54. The van der Waals surface area contributed by atoms with Gasteiger partial charge in [0.05, 0.1) is 32.4 Å². The van der Waals surface area contributed by atoms with Crippen LogP contribution in [0.15, 0.2) is 29.9 Å². The lowest BCUT2D eigenvalue weighted by Crippen LogP contribution is -2.06. The molecule has 0 aliphatic heterocycles. The molecule has 0 atom stereocenters. The van der Waals surface area contributed by atoms with Crippen molar-refractivity contribution in [1.82, 2.24) is 4.98 Å². The number of pyridine rings is 1. The highest BCUT2D eigenvalue weighted by molar-refractivity contribution is 6.16. The van der Waals surface area contributed by atoms with Gasteiger partial charge >= 0.3 is 5.97 Å². The standard InChI is InChI=1S/C13H16N2O4/c1-9(2)15-19-12-7-14-6-5-10(12)11(8-17-3)13(16)18-4/h5-8H,1-4H3/b11-8+. The normalized spacial score (nSPS) is 10.6. The van der Waals surface area contributed by atoms with E-state index in [1.807, 2.05) is 0 Å². The number of rotatable bonds is 5. The van der Waals surface area contributed by atoms with E-state index >= 15 is 0 Å². The minimum atomic E-state index is -0.532. The molecular weight excluding hydrogens is 248 g/mol. The number of carbonyl (C=O) groups is 1. The second-order valence-electron chi connectivity index (χ2n) is 3.76. The number of nitrogens with zero attached hydrogens (tertiary/aromatic N) is 2. The van der Waals surface area contributed by atoms with Gasteiger partial charge in [-0.3, -0.25) is 4.98 Å².